The molecular formula is C21H27IN4O2. The molecule has 0 radical (unpaired) electrons. The van der Waals surface area contributed by atoms with Gasteiger partial charge in [-0.3, -0.25) is 15.4 Å². The average Bonchev–Trinajstić information content (AvgIpc) is 2.74. The van der Waals surface area contributed by atoms with Gasteiger partial charge in [0.2, 0.25) is 0 Å². The Morgan fingerprint density at radius 1 is 1.32 bits per heavy atom. The number of pyridine rings is 1. The molecule has 2 rings (SSSR count). The summed E-state index contributed by atoms with van der Waals surface area (Å²) in [5, 5.41) is 11.3. The normalized spacial score (nSPS) is 11.7. The molecule has 150 valence electrons. The Hall–Kier alpha value is -2.13. The number of methoxy groups -OCH3 is 1. The lowest BCUT2D eigenvalue weighted by atomic mass is 10.1. The van der Waals surface area contributed by atoms with Crippen LogP contribution in [0.2, 0.25) is 0 Å². The maximum absolute atomic E-state index is 9.47. The first-order chi connectivity index (χ1) is 13.7. The number of aliphatic hydroxyl groups is 1. The fourth-order valence-corrected chi connectivity index (χ4v) is 3.47. The summed E-state index contributed by atoms with van der Waals surface area (Å²) in [4.78, 5) is 8.70. The molecule has 0 amide bonds. The van der Waals surface area contributed by atoms with E-state index in [1.807, 2.05) is 30.1 Å². The van der Waals surface area contributed by atoms with Gasteiger partial charge in [0.05, 0.1) is 31.6 Å². The van der Waals surface area contributed by atoms with Gasteiger partial charge in [0, 0.05) is 27.9 Å². The largest absolute Gasteiger partial charge is 0.496 e. The second-order valence-corrected chi connectivity index (χ2v) is 6.72. The van der Waals surface area contributed by atoms with Gasteiger partial charge in [-0.15, -0.1) is 0 Å². The maximum atomic E-state index is 9.47. The summed E-state index contributed by atoms with van der Waals surface area (Å²) in [7, 11) is 1.69. The number of alkyl halides is 1. The van der Waals surface area contributed by atoms with E-state index in [1.54, 1.807) is 25.8 Å². The number of benzene rings is 1. The van der Waals surface area contributed by atoms with Crippen molar-refractivity contribution >= 4 is 40.3 Å². The van der Waals surface area contributed by atoms with E-state index in [0.29, 0.717) is 6.54 Å². The van der Waals surface area contributed by atoms with Crippen LogP contribution in [0.1, 0.15) is 30.5 Å². The van der Waals surface area contributed by atoms with Crippen molar-refractivity contribution in [2.75, 3.05) is 20.3 Å². The van der Waals surface area contributed by atoms with Gasteiger partial charge in [-0.2, -0.15) is 0 Å². The quantitative estimate of drug-likeness (QED) is 0.171. The number of aliphatic hydroxyl groups excluding tert-OH is 1. The van der Waals surface area contributed by atoms with Crippen molar-refractivity contribution < 1.29 is 9.84 Å². The number of nitrogens with one attached hydrogen (secondary N) is 1. The van der Waals surface area contributed by atoms with E-state index >= 15 is 0 Å². The Morgan fingerprint density at radius 3 is 2.64 bits per heavy atom. The molecule has 28 heavy (non-hydrogen) atoms. The molecule has 0 atom stereocenters. The summed E-state index contributed by atoms with van der Waals surface area (Å²) < 4.78 is 6.33. The fraction of sp³-hybridized carbons (Fsp3) is 0.333. The van der Waals surface area contributed by atoms with Crippen LogP contribution in [0.5, 0.6) is 5.75 Å². The number of allylic oxidation sites excluding steroid dienone is 1. The highest BCUT2D eigenvalue weighted by Crippen LogP contribution is 2.31. The Balaban J connectivity index is 2.25. The molecule has 1 aromatic carbocycles. The van der Waals surface area contributed by atoms with Gasteiger partial charge < -0.3 is 9.84 Å². The number of aryl methyl sites for hydroxylation is 1. The fourth-order valence-electron chi connectivity index (χ4n) is 2.88. The third-order valence-corrected chi connectivity index (χ3v) is 5.11. The highest BCUT2D eigenvalue weighted by molar-refractivity contribution is 14.1. The number of halogens is 1. The van der Waals surface area contributed by atoms with Crippen LogP contribution >= 0.6 is 22.6 Å². The van der Waals surface area contributed by atoms with Gasteiger partial charge in [-0.05, 0) is 43.2 Å². The molecule has 0 aliphatic heterocycles. The molecule has 0 bridgehead atoms. The van der Waals surface area contributed by atoms with Gasteiger partial charge in [-0.1, -0.05) is 35.6 Å². The topological polar surface area (TPSA) is 70.0 Å². The number of hydrazine groups is 1. The third-order valence-electron chi connectivity index (χ3n) is 4.29. The van der Waals surface area contributed by atoms with Gasteiger partial charge in [0.15, 0.2) is 0 Å². The Kier molecular flexibility index (Phi) is 9.22. The van der Waals surface area contributed by atoms with E-state index in [0.717, 1.165) is 44.7 Å². The minimum absolute atomic E-state index is 0.0188. The monoisotopic (exact) mass is 494 g/mol. The minimum atomic E-state index is 0.0188. The molecule has 1 aromatic heterocycles. The average molecular weight is 494 g/mol. The number of nitrogens with zero attached hydrogens (tertiary/aromatic N) is 3. The summed E-state index contributed by atoms with van der Waals surface area (Å²) in [5.74, 6) is 0.897. The van der Waals surface area contributed by atoms with Crippen molar-refractivity contribution in [3.8, 4) is 5.75 Å². The summed E-state index contributed by atoms with van der Waals surface area (Å²) >= 11 is 2.33. The molecule has 6 nitrogen and oxygen atoms in total. The molecule has 0 fully saturated rings. The molecule has 0 aliphatic rings. The highest BCUT2D eigenvalue weighted by atomic mass is 127. The van der Waals surface area contributed by atoms with Crippen LogP contribution in [0.15, 0.2) is 47.7 Å². The van der Waals surface area contributed by atoms with Crippen LogP contribution in [0, 0.1) is 0 Å². The second kappa shape index (κ2) is 11.7. The predicted octanol–water partition coefficient (Wildman–Crippen LogP) is 4.11. The van der Waals surface area contributed by atoms with Crippen molar-refractivity contribution in [2.45, 2.75) is 24.7 Å². The molecule has 7 heteroatoms. The smallest absolute Gasteiger partial charge is 0.123 e. The van der Waals surface area contributed by atoms with Crippen molar-refractivity contribution in [1.29, 1.82) is 0 Å². The van der Waals surface area contributed by atoms with Gasteiger partial charge >= 0.3 is 0 Å². The van der Waals surface area contributed by atoms with Gasteiger partial charge in [-0.25, -0.2) is 4.99 Å². The lowest BCUT2D eigenvalue weighted by molar-refractivity contribution is 0.230. The molecule has 0 aliphatic carbocycles. The standard InChI is InChI=1S/C21H27IN4O2/c1-4-16-13-21(28-3)18(14-22)12-19(16)24-15-25-26(10-11-27)20(5-2)17-6-8-23-9-7-17/h5-9,12-13,15,27H,4,10-11,14H2,1-3H3,(H,24,25)/b20-5-. The predicted molar refractivity (Wildman–Crippen MR) is 123 cm³/mol. The summed E-state index contributed by atoms with van der Waals surface area (Å²) in [6.45, 7) is 4.51. The third kappa shape index (κ3) is 5.68. The van der Waals surface area contributed by atoms with Crippen molar-refractivity contribution in [3.63, 3.8) is 0 Å². The zero-order valence-corrected chi connectivity index (χ0v) is 18.7. The van der Waals surface area contributed by atoms with E-state index in [4.69, 9.17) is 4.74 Å². The van der Waals surface area contributed by atoms with Crippen molar-refractivity contribution in [3.05, 3.63) is 59.4 Å². The van der Waals surface area contributed by atoms with Gasteiger partial charge in [0.1, 0.15) is 12.1 Å². The lowest BCUT2D eigenvalue weighted by Gasteiger charge is -2.26. The Bertz CT molecular complexity index is 810. The van der Waals surface area contributed by atoms with E-state index in [-0.39, 0.29) is 6.61 Å². The maximum Gasteiger partial charge on any atom is 0.123 e. The number of ether oxygens (including phenoxy) is 1. The number of aliphatic imine (C=N–C) groups is 1. The van der Waals surface area contributed by atoms with E-state index in [1.165, 1.54) is 0 Å². The molecule has 0 spiro atoms. The zero-order chi connectivity index (χ0) is 20.4. The summed E-state index contributed by atoms with van der Waals surface area (Å²) in [6.07, 6.45) is 8.02. The molecule has 0 unspecified atom stereocenters. The van der Waals surface area contributed by atoms with E-state index in [9.17, 15) is 5.11 Å². The second-order valence-electron chi connectivity index (χ2n) is 5.95. The first kappa shape index (κ1) is 22.2. The van der Waals surface area contributed by atoms with Crippen LogP contribution in [0.4, 0.5) is 5.69 Å². The SMILES string of the molecule is C/C=C(/c1ccncc1)N(CCO)NC=Nc1cc(CI)c(OC)cc1CC. The number of hydrogen-bond donors (Lipinski definition) is 2. The first-order valence-corrected chi connectivity index (χ1v) is 10.7. The zero-order valence-electron chi connectivity index (χ0n) is 16.5. The van der Waals surface area contributed by atoms with Gasteiger partial charge in [0.25, 0.3) is 0 Å². The Labute approximate surface area is 180 Å². The molecule has 2 N–H and O–H groups in total. The van der Waals surface area contributed by atoms with Crippen LogP contribution in [-0.2, 0) is 10.8 Å². The number of rotatable bonds is 10. The molecule has 2 aromatic rings. The van der Waals surface area contributed by atoms with Crippen LogP contribution in [-0.4, -0.2) is 41.7 Å². The lowest BCUT2D eigenvalue weighted by Crippen LogP contribution is -2.37. The van der Waals surface area contributed by atoms with Crippen LogP contribution < -0.4 is 10.2 Å². The number of aromatic nitrogens is 1. The van der Waals surface area contributed by atoms with Crippen LogP contribution in [0.25, 0.3) is 5.70 Å². The molecule has 0 saturated carbocycles. The first-order valence-electron chi connectivity index (χ1n) is 9.18. The van der Waals surface area contributed by atoms with Crippen LogP contribution in [0.3, 0.4) is 0 Å². The van der Waals surface area contributed by atoms with Crippen molar-refractivity contribution in [1.82, 2.24) is 15.4 Å². The van der Waals surface area contributed by atoms with E-state index in [2.05, 4.69) is 57.0 Å². The molecule has 1 heterocycles. The molecular weight excluding hydrogens is 467 g/mol. The van der Waals surface area contributed by atoms with Crippen molar-refractivity contribution in [2.24, 2.45) is 4.99 Å². The minimum Gasteiger partial charge on any atom is -0.496 e. The highest BCUT2D eigenvalue weighted by Gasteiger charge is 2.11. The Morgan fingerprint density at radius 2 is 2.07 bits per heavy atom. The number of hydrogen-bond acceptors (Lipinski definition) is 5. The summed E-state index contributed by atoms with van der Waals surface area (Å²) in [5.41, 5.74) is 8.31. The van der Waals surface area contributed by atoms with E-state index < -0.39 is 0 Å². The molecule has 0 saturated heterocycles. The summed E-state index contributed by atoms with van der Waals surface area (Å²) in [6, 6.07) is 7.99.